The smallest absolute Gasteiger partial charge is 0.133 e. The van der Waals surface area contributed by atoms with Crippen molar-refractivity contribution in [3.63, 3.8) is 0 Å². The van der Waals surface area contributed by atoms with E-state index in [-0.39, 0.29) is 0 Å². The number of rotatable bonds is 1. The summed E-state index contributed by atoms with van der Waals surface area (Å²) in [6.45, 7) is 5.43. The molecule has 4 heterocycles. The van der Waals surface area contributed by atoms with Crippen LogP contribution in [0.3, 0.4) is 0 Å². The second-order valence-corrected chi connectivity index (χ2v) is 7.53. The van der Waals surface area contributed by atoms with Gasteiger partial charge in [0.05, 0.1) is 23.6 Å². The van der Waals surface area contributed by atoms with Crippen molar-refractivity contribution in [2.24, 2.45) is 0 Å². The monoisotopic (exact) mass is 341 g/mol. The second kappa shape index (κ2) is 5.60. The number of pyridine rings is 1. The van der Waals surface area contributed by atoms with E-state index in [4.69, 9.17) is 9.72 Å². The van der Waals surface area contributed by atoms with E-state index in [0.717, 1.165) is 59.9 Å². The molecule has 1 aliphatic heterocycles. The molecule has 1 fully saturated rings. The first kappa shape index (κ1) is 14.5. The fourth-order valence-corrected chi connectivity index (χ4v) is 4.99. The predicted octanol–water partition coefficient (Wildman–Crippen LogP) is 2.66. The maximum absolute atomic E-state index is 5.52. The van der Waals surface area contributed by atoms with Gasteiger partial charge in [-0.15, -0.1) is 21.5 Å². The van der Waals surface area contributed by atoms with Gasteiger partial charge in [0.15, 0.2) is 0 Å². The molecule has 124 valence electrons. The molecular weight excluding hydrogens is 322 g/mol. The molecule has 0 radical (unpaired) electrons. The molecule has 5 rings (SSSR count). The Balaban J connectivity index is 1.82. The molecule has 0 amide bonds. The Hall–Kier alpha value is -1.86. The maximum atomic E-state index is 5.52. The fourth-order valence-electron chi connectivity index (χ4n) is 3.91. The topological polar surface area (TPSA) is 64.0 Å². The van der Waals surface area contributed by atoms with Crippen molar-refractivity contribution in [1.29, 1.82) is 0 Å². The highest BCUT2D eigenvalue weighted by Gasteiger charge is 2.26. The lowest BCUT2D eigenvalue weighted by molar-refractivity contribution is 0.122. The van der Waals surface area contributed by atoms with E-state index in [1.807, 2.05) is 6.92 Å². The molecule has 6 nitrogen and oxygen atoms in total. The molecule has 0 aromatic carbocycles. The first-order chi connectivity index (χ1) is 11.8. The van der Waals surface area contributed by atoms with Gasteiger partial charge in [-0.2, -0.15) is 0 Å². The summed E-state index contributed by atoms with van der Waals surface area (Å²) in [5, 5.41) is 13.6. The van der Waals surface area contributed by atoms with Gasteiger partial charge in [-0.25, -0.2) is 4.98 Å². The zero-order valence-corrected chi connectivity index (χ0v) is 14.5. The average Bonchev–Trinajstić information content (AvgIpc) is 3.02. The molecule has 0 spiro atoms. The zero-order valence-electron chi connectivity index (χ0n) is 13.7. The Bertz CT molecular complexity index is 932. The largest absolute Gasteiger partial charge is 0.378 e. The summed E-state index contributed by atoms with van der Waals surface area (Å²) in [4.78, 5) is 8.56. The second-order valence-electron chi connectivity index (χ2n) is 6.53. The molecule has 1 saturated heterocycles. The lowest BCUT2D eigenvalue weighted by Crippen LogP contribution is -2.37. The van der Waals surface area contributed by atoms with E-state index >= 15 is 0 Å². The number of aromatic nitrogens is 4. The van der Waals surface area contributed by atoms with Crippen LogP contribution in [0, 0.1) is 6.92 Å². The van der Waals surface area contributed by atoms with Gasteiger partial charge in [0.1, 0.15) is 16.2 Å². The summed E-state index contributed by atoms with van der Waals surface area (Å²) in [6, 6.07) is 0. The minimum Gasteiger partial charge on any atom is -0.378 e. The Morgan fingerprint density at radius 1 is 1.04 bits per heavy atom. The number of fused-ring (bicyclic) bond motifs is 5. The van der Waals surface area contributed by atoms with Gasteiger partial charge >= 0.3 is 0 Å². The van der Waals surface area contributed by atoms with Crippen LogP contribution in [0.15, 0.2) is 0 Å². The van der Waals surface area contributed by atoms with Gasteiger partial charge in [-0.1, -0.05) is 0 Å². The van der Waals surface area contributed by atoms with Crippen LogP contribution in [-0.4, -0.2) is 46.7 Å². The standard InChI is InChI=1S/C17H19N5OS/c1-10-15-14(20-21-19-10)13-11-4-2-3-5-12(11)16(18-17(13)24-15)22-6-8-23-9-7-22/h2-9H2,1H3. The molecule has 1 aliphatic carbocycles. The van der Waals surface area contributed by atoms with Gasteiger partial charge in [0.2, 0.25) is 0 Å². The van der Waals surface area contributed by atoms with Crippen molar-refractivity contribution >= 4 is 37.6 Å². The SMILES string of the molecule is Cc1nnnc2c1sc1nc(N3CCOCC3)c3c(c12)CCCC3. The molecule has 0 saturated carbocycles. The number of ether oxygens (including phenoxy) is 1. The van der Waals surface area contributed by atoms with Crippen LogP contribution < -0.4 is 4.90 Å². The van der Waals surface area contributed by atoms with Gasteiger partial charge in [0.25, 0.3) is 0 Å². The van der Waals surface area contributed by atoms with Crippen LogP contribution in [0.1, 0.15) is 29.7 Å². The van der Waals surface area contributed by atoms with E-state index in [1.54, 1.807) is 11.3 Å². The van der Waals surface area contributed by atoms with E-state index < -0.39 is 0 Å². The van der Waals surface area contributed by atoms with Crippen molar-refractivity contribution in [1.82, 2.24) is 20.4 Å². The van der Waals surface area contributed by atoms with Crippen LogP contribution in [0.4, 0.5) is 5.82 Å². The lowest BCUT2D eigenvalue weighted by Gasteiger charge is -2.31. The van der Waals surface area contributed by atoms with Crippen molar-refractivity contribution < 1.29 is 4.74 Å². The Morgan fingerprint density at radius 3 is 2.67 bits per heavy atom. The molecule has 7 heteroatoms. The quantitative estimate of drug-likeness (QED) is 0.678. The highest BCUT2D eigenvalue weighted by Crippen LogP contribution is 2.41. The lowest BCUT2D eigenvalue weighted by atomic mass is 9.90. The van der Waals surface area contributed by atoms with Gasteiger partial charge in [-0.05, 0) is 48.9 Å². The Labute approximate surface area is 143 Å². The third-order valence-corrected chi connectivity index (χ3v) is 6.27. The number of hydrogen-bond donors (Lipinski definition) is 0. The number of anilines is 1. The number of hydrogen-bond acceptors (Lipinski definition) is 7. The van der Waals surface area contributed by atoms with Crippen LogP contribution in [0.25, 0.3) is 20.4 Å². The molecule has 2 aliphatic rings. The van der Waals surface area contributed by atoms with Crippen molar-refractivity contribution in [2.45, 2.75) is 32.6 Å². The van der Waals surface area contributed by atoms with Crippen LogP contribution >= 0.6 is 11.3 Å². The summed E-state index contributed by atoms with van der Waals surface area (Å²) in [7, 11) is 0. The van der Waals surface area contributed by atoms with Gasteiger partial charge < -0.3 is 9.64 Å². The zero-order chi connectivity index (χ0) is 16.1. The number of aryl methyl sites for hydroxylation is 2. The molecule has 0 bridgehead atoms. The van der Waals surface area contributed by atoms with Gasteiger partial charge in [0, 0.05) is 18.5 Å². The van der Waals surface area contributed by atoms with E-state index in [9.17, 15) is 0 Å². The van der Waals surface area contributed by atoms with Crippen LogP contribution in [0.5, 0.6) is 0 Å². The molecule has 24 heavy (non-hydrogen) atoms. The summed E-state index contributed by atoms with van der Waals surface area (Å²) < 4.78 is 6.65. The van der Waals surface area contributed by atoms with Crippen molar-refractivity contribution in [3.05, 3.63) is 16.8 Å². The fraction of sp³-hybridized carbons (Fsp3) is 0.529. The highest BCUT2D eigenvalue weighted by molar-refractivity contribution is 7.25. The molecule has 3 aromatic rings. The van der Waals surface area contributed by atoms with Crippen LogP contribution in [-0.2, 0) is 17.6 Å². The normalized spacial score (nSPS) is 18.3. The molecule has 0 N–H and O–H groups in total. The number of morpholine rings is 1. The maximum Gasteiger partial charge on any atom is 0.133 e. The Kier molecular flexibility index (Phi) is 3.38. The summed E-state index contributed by atoms with van der Waals surface area (Å²) in [5.41, 5.74) is 4.80. The third-order valence-electron chi connectivity index (χ3n) is 5.09. The average molecular weight is 341 g/mol. The Morgan fingerprint density at radius 2 is 1.83 bits per heavy atom. The van der Waals surface area contributed by atoms with Gasteiger partial charge in [-0.3, -0.25) is 0 Å². The summed E-state index contributed by atoms with van der Waals surface area (Å²) in [6.07, 6.45) is 4.70. The van der Waals surface area contributed by atoms with E-state index in [1.165, 1.54) is 35.2 Å². The minimum atomic E-state index is 0.787. The number of thiophene rings is 1. The number of nitrogens with zero attached hydrogens (tertiary/aromatic N) is 5. The first-order valence-corrected chi connectivity index (χ1v) is 9.41. The third kappa shape index (κ3) is 2.11. The van der Waals surface area contributed by atoms with Crippen LogP contribution in [0.2, 0.25) is 0 Å². The summed E-state index contributed by atoms with van der Waals surface area (Å²) in [5.74, 6) is 1.17. The minimum absolute atomic E-state index is 0.787. The van der Waals surface area contributed by atoms with Crippen molar-refractivity contribution in [2.75, 3.05) is 31.2 Å². The summed E-state index contributed by atoms with van der Waals surface area (Å²) >= 11 is 1.71. The first-order valence-electron chi connectivity index (χ1n) is 8.59. The highest BCUT2D eigenvalue weighted by atomic mass is 32.1. The molecule has 3 aromatic heterocycles. The molecular formula is C17H19N5OS. The van der Waals surface area contributed by atoms with Crippen molar-refractivity contribution in [3.8, 4) is 0 Å². The predicted molar refractivity (Wildman–Crippen MR) is 94.9 cm³/mol. The van der Waals surface area contributed by atoms with E-state index in [0.29, 0.717) is 0 Å². The van der Waals surface area contributed by atoms with E-state index in [2.05, 4.69) is 20.3 Å². The molecule has 0 unspecified atom stereocenters. The molecule has 0 atom stereocenters.